The van der Waals surface area contributed by atoms with Crippen LogP contribution in [0.2, 0.25) is 0 Å². The van der Waals surface area contributed by atoms with Gasteiger partial charge in [0.05, 0.1) is 0 Å². The Labute approximate surface area is 144 Å². The first kappa shape index (κ1) is 20.0. The van der Waals surface area contributed by atoms with Crippen LogP contribution >= 0.6 is 23.5 Å². The SMILES string of the molecule is CCCSC(C(=O)O)C(=O)C1(SCCC)NC(=O)CCCC1=O. The molecule has 0 bridgehead atoms. The summed E-state index contributed by atoms with van der Waals surface area (Å²) in [5, 5.41) is 10.6. The Morgan fingerprint density at radius 1 is 1.22 bits per heavy atom. The van der Waals surface area contributed by atoms with Gasteiger partial charge in [0.1, 0.15) is 0 Å². The van der Waals surface area contributed by atoms with Gasteiger partial charge in [-0.05, 0) is 30.8 Å². The van der Waals surface area contributed by atoms with Crippen LogP contribution in [-0.4, -0.2) is 50.2 Å². The topological polar surface area (TPSA) is 101 Å². The van der Waals surface area contributed by atoms with E-state index in [0.717, 1.165) is 29.9 Å². The molecule has 0 radical (unpaired) electrons. The van der Waals surface area contributed by atoms with Crippen LogP contribution in [0.4, 0.5) is 0 Å². The minimum absolute atomic E-state index is 0.103. The lowest BCUT2D eigenvalue weighted by Gasteiger charge is -2.31. The molecule has 130 valence electrons. The maximum Gasteiger partial charge on any atom is 0.324 e. The number of carboxylic acid groups (broad SMARTS) is 1. The Kier molecular flexibility index (Phi) is 8.11. The maximum absolute atomic E-state index is 12.9. The van der Waals surface area contributed by atoms with Gasteiger partial charge >= 0.3 is 5.97 Å². The van der Waals surface area contributed by atoms with E-state index in [1.807, 2.05) is 13.8 Å². The molecule has 6 nitrogen and oxygen atoms in total. The van der Waals surface area contributed by atoms with Crippen molar-refractivity contribution < 1.29 is 24.3 Å². The van der Waals surface area contributed by atoms with Crippen molar-refractivity contribution in [3.8, 4) is 0 Å². The fraction of sp³-hybridized carbons (Fsp3) is 0.733. The number of ketones is 2. The number of rotatable bonds is 9. The lowest BCUT2D eigenvalue weighted by atomic mass is 10.0. The van der Waals surface area contributed by atoms with Gasteiger partial charge < -0.3 is 10.4 Å². The fourth-order valence-electron chi connectivity index (χ4n) is 2.24. The van der Waals surface area contributed by atoms with Crippen LogP contribution in [-0.2, 0) is 19.2 Å². The molecule has 2 atom stereocenters. The number of Topliss-reactive ketones (excluding diaryl/α,β-unsaturated/α-hetero) is 2. The van der Waals surface area contributed by atoms with E-state index in [4.69, 9.17) is 0 Å². The van der Waals surface area contributed by atoms with E-state index in [0.29, 0.717) is 24.3 Å². The zero-order chi connectivity index (χ0) is 17.5. The molecule has 2 N–H and O–H groups in total. The molecule has 1 aliphatic rings. The quantitative estimate of drug-likeness (QED) is 0.605. The molecule has 23 heavy (non-hydrogen) atoms. The van der Waals surface area contributed by atoms with Crippen molar-refractivity contribution in [1.29, 1.82) is 0 Å². The van der Waals surface area contributed by atoms with E-state index in [2.05, 4.69) is 5.32 Å². The van der Waals surface area contributed by atoms with Gasteiger partial charge in [0.15, 0.2) is 11.0 Å². The number of carboxylic acids is 1. The lowest BCUT2D eigenvalue weighted by molar-refractivity contribution is -0.142. The molecular weight excluding hydrogens is 338 g/mol. The minimum Gasteiger partial charge on any atom is -0.480 e. The predicted molar refractivity (Wildman–Crippen MR) is 91.7 cm³/mol. The normalized spacial score (nSPS) is 23.0. The third-order valence-corrected chi connectivity index (χ3v) is 6.31. The zero-order valence-electron chi connectivity index (χ0n) is 13.4. The molecule has 0 aromatic rings. The van der Waals surface area contributed by atoms with E-state index in [1.54, 1.807) is 0 Å². The Hall–Kier alpha value is -1.02. The van der Waals surface area contributed by atoms with E-state index >= 15 is 0 Å². The second kappa shape index (κ2) is 9.32. The third-order valence-electron chi connectivity index (χ3n) is 3.34. The van der Waals surface area contributed by atoms with E-state index in [-0.39, 0.29) is 18.7 Å². The van der Waals surface area contributed by atoms with Crippen molar-refractivity contribution in [1.82, 2.24) is 5.32 Å². The average molecular weight is 361 g/mol. The van der Waals surface area contributed by atoms with Crippen molar-refractivity contribution in [3.63, 3.8) is 0 Å². The number of amides is 1. The van der Waals surface area contributed by atoms with Crippen LogP contribution < -0.4 is 5.32 Å². The molecule has 8 heteroatoms. The van der Waals surface area contributed by atoms with Gasteiger partial charge in [0.2, 0.25) is 16.6 Å². The van der Waals surface area contributed by atoms with Gasteiger partial charge in [0, 0.05) is 12.8 Å². The number of aliphatic carboxylic acids is 1. The molecule has 0 spiro atoms. The number of carbonyl (C=O) groups excluding carboxylic acids is 3. The summed E-state index contributed by atoms with van der Waals surface area (Å²) < 4.78 is 0. The smallest absolute Gasteiger partial charge is 0.324 e. The molecule has 0 aromatic carbocycles. The van der Waals surface area contributed by atoms with Crippen molar-refractivity contribution in [2.75, 3.05) is 11.5 Å². The monoisotopic (exact) mass is 361 g/mol. The molecule has 1 rings (SSSR count). The predicted octanol–water partition coefficient (Wildman–Crippen LogP) is 1.86. The second-order valence-electron chi connectivity index (χ2n) is 5.31. The highest BCUT2D eigenvalue weighted by molar-refractivity contribution is 8.03. The van der Waals surface area contributed by atoms with Crippen LogP contribution in [0.5, 0.6) is 0 Å². The summed E-state index contributed by atoms with van der Waals surface area (Å²) >= 11 is 2.06. The minimum atomic E-state index is -1.76. The maximum atomic E-state index is 12.9. The van der Waals surface area contributed by atoms with Gasteiger partial charge in [0.25, 0.3) is 0 Å². The molecular formula is C15H23NO5S2. The summed E-state index contributed by atoms with van der Waals surface area (Å²) in [6, 6.07) is 0. The molecule has 1 fully saturated rings. The van der Waals surface area contributed by atoms with Gasteiger partial charge in [-0.15, -0.1) is 23.5 Å². The van der Waals surface area contributed by atoms with Crippen molar-refractivity contribution >= 4 is 47.0 Å². The molecule has 0 aromatic heterocycles. The van der Waals surface area contributed by atoms with Gasteiger partial charge in [-0.25, -0.2) is 0 Å². The Bertz CT molecular complexity index is 482. The van der Waals surface area contributed by atoms with E-state index in [9.17, 15) is 24.3 Å². The fourth-order valence-corrected chi connectivity index (χ4v) is 4.47. The van der Waals surface area contributed by atoms with Crippen LogP contribution in [0.1, 0.15) is 46.0 Å². The summed E-state index contributed by atoms with van der Waals surface area (Å²) in [4.78, 5) is 47.2. The Balaban J connectivity index is 3.19. The summed E-state index contributed by atoms with van der Waals surface area (Å²) in [7, 11) is 0. The first-order chi connectivity index (χ1) is 10.9. The number of nitrogens with one attached hydrogen (secondary N) is 1. The lowest BCUT2D eigenvalue weighted by Crippen LogP contribution is -2.60. The van der Waals surface area contributed by atoms with Crippen LogP contribution in [0.25, 0.3) is 0 Å². The van der Waals surface area contributed by atoms with Crippen molar-refractivity contribution in [2.45, 2.75) is 56.1 Å². The van der Waals surface area contributed by atoms with Gasteiger partial charge in [-0.2, -0.15) is 0 Å². The molecule has 2 unspecified atom stereocenters. The third kappa shape index (κ3) is 4.97. The molecule has 1 saturated heterocycles. The molecule has 0 aliphatic carbocycles. The number of thioether (sulfide) groups is 2. The molecule has 0 saturated carbocycles. The summed E-state index contributed by atoms with van der Waals surface area (Å²) in [5.41, 5.74) is 0. The second-order valence-corrected chi connectivity index (χ2v) is 7.83. The average Bonchev–Trinajstić information content (AvgIpc) is 2.64. The summed E-state index contributed by atoms with van der Waals surface area (Å²) in [5.74, 6) is -1.77. The molecule has 1 aliphatic heterocycles. The summed E-state index contributed by atoms with van der Waals surface area (Å²) in [6.45, 7) is 3.78. The first-order valence-electron chi connectivity index (χ1n) is 7.76. The van der Waals surface area contributed by atoms with Gasteiger partial charge in [-0.3, -0.25) is 19.2 Å². The number of hydrogen-bond acceptors (Lipinski definition) is 6. The molecule has 1 heterocycles. The number of carbonyl (C=O) groups is 4. The zero-order valence-corrected chi connectivity index (χ0v) is 15.1. The Morgan fingerprint density at radius 3 is 2.43 bits per heavy atom. The Morgan fingerprint density at radius 2 is 1.87 bits per heavy atom. The standard InChI is InChI=1S/C15H23NO5S2/c1-3-8-22-12(14(20)21)13(19)15(23-9-4-2)10(17)6-5-7-11(18)16-15/h12H,3-9H2,1-2H3,(H,16,18)(H,20,21). The largest absolute Gasteiger partial charge is 0.480 e. The highest BCUT2D eigenvalue weighted by Gasteiger charge is 2.52. The van der Waals surface area contributed by atoms with Crippen LogP contribution in [0.15, 0.2) is 0 Å². The van der Waals surface area contributed by atoms with E-state index < -0.39 is 27.7 Å². The van der Waals surface area contributed by atoms with E-state index in [1.165, 1.54) is 0 Å². The van der Waals surface area contributed by atoms with Crippen LogP contribution in [0, 0.1) is 0 Å². The molecule has 1 amide bonds. The highest BCUT2D eigenvalue weighted by Crippen LogP contribution is 2.34. The summed E-state index contributed by atoms with van der Waals surface area (Å²) in [6.07, 6.45) is 2.09. The van der Waals surface area contributed by atoms with Gasteiger partial charge in [-0.1, -0.05) is 13.8 Å². The van der Waals surface area contributed by atoms with Crippen molar-refractivity contribution in [2.24, 2.45) is 0 Å². The first-order valence-corrected chi connectivity index (χ1v) is 9.79. The van der Waals surface area contributed by atoms with Crippen molar-refractivity contribution in [3.05, 3.63) is 0 Å². The number of hydrogen-bond donors (Lipinski definition) is 2. The highest BCUT2D eigenvalue weighted by atomic mass is 32.2. The van der Waals surface area contributed by atoms with Crippen LogP contribution in [0.3, 0.4) is 0 Å².